The number of aromatic nitrogens is 3. The molecule has 1 saturated carbocycles. The van der Waals surface area contributed by atoms with E-state index in [-0.39, 0.29) is 11.9 Å². The molecule has 0 bridgehead atoms. The lowest BCUT2D eigenvalue weighted by Crippen LogP contribution is -2.30. The minimum Gasteiger partial charge on any atom is -0.331 e. The molecule has 1 amide bonds. The number of aryl methyl sites for hydroxylation is 2. The summed E-state index contributed by atoms with van der Waals surface area (Å²) in [6.07, 6.45) is 6.30. The van der Waals surface area contributed by atoms with Crippen LogP contribution in [0.25, 0.3) is 0 Å². The van der Waals surface area contributed by atoms with Crippen molar-refractivity contribution in [3.05, 3.63) is 33.0 Å². The van der Waals surface area contributed by atoms with Crippen LogP contribution in [0.4, 0.5) is 0 Å². The number of thiazole rings is 1. The molecule has 23 heavy (non-hydrogen) atoms. The molecule has 1 saturated heterocycles. The first kappa shape index (κ1) is 14.9. The third-order valence-corrected chi connectivity index (χ3v) is 6.22. The molecule has 6 heteroatoms. The first-order valence-electron chi connectivity index (χ1n) is 8.33. The molecule has 122 valence electrons. The van der Waals surface area contributed by atoms with Gasteiger partial charge in [-0.05, 0) is 39.5 Å². The smallest absolute Gasteiger partial charge is 0.266 e. The molecular formula is C17H22N4OS. The van der Waals surface area contributed by atoms with E-state index in [4.69, 9.17) is 0 Å². The van der Waals surface area contributed by atoms with Gasteiger partial charge in [-0.25, -0.2) is 4.98 Å². The average Bonchev–Trinajstić information content (AvgIpc) is 2.96. The maximum atomic E-state index is 13.0. The summed E-state index contributed by atoms with van der Waals surface area (Å²) in [6, 6.07) is 0.155. The van der Waals surface area contributed by atoms with Crippen molar-refractivity contribution in [1.29, 1.82) is 0 Å². The number of carbonyl (C=O) groups excluding carboxylic acids is 1. The maximum Gasteiger partial charge on any atom is 0.266 e. The van der Waals surface area contributed by atoms with Crippen molar-refractivity contribution < 1.29 is 4.79 Å². The molecule has 4 rings (SSSR count). The lowest BCUT2D eigenvalue weighted by Gasteiger charge is -2.24. The van der Waals surface area contributed by atoms with Gasteiger partial charge in [0.15, 0.2) is 0 Å². The zero-order valence-electron chi connectivity index (χ0n) is 13.9. The fourth-order valence-electron chi connectivity index (χ4n) is 3.63. The SMILES string of the molecule is Cc1nn(C)c(C)c1[C@@H]1CCCN1C(=O)c1cnc(C2CC2)s1. The molecule has 1 atom stereocenters. The molecule has 0 unspecified atom stereocenters. The Morgan fingerprint density at radius 2 is 2.09 bits per heavy atom. The minimum atomic E-state index is 0.138. The van der Waals surface area contributed by atoms with E-state index in [1.54, 1.807) is 17.5 Å². The summed E-state index contributed by atoms with van der Waals surface area (Å²) in [6.45, 7) is 4.96. The van der Waals surface area contributed by atoms with Crippen molar-refractivity contribution in [2.24, 2.45) is 7.05 Å². The van der Waals surface area contributed by atoms with E-state index in [1.807, 2.05) is 23.6 Å². The molecule has 0 spiro atoms. The normalized spacial score (nSPS) is 21.2. The van der Waals surface area contributed by atoms with Gasteiger partial charge in [0.05, 0.1) is 22.9 Å². The Hall–Kier alpha value is -1.69. The number of hydrogen-bond donors (Lipinski definition) is 0. The highest BCUT2D eigenvalue weighted by Crippen LogP contribution is 2.42. The summed E-state index contributed by atoms with van der Waals surface area (Å²) in [7, 11) is 1.97. The van der Waals surface area contributed by atoms with Crippen molar-refractivity contribution in [3.8, 4) is 0 Å². The lowest BCUT2D eigenvalue weighted by atomic mass is 10.0. The molecule has 2 aromatic rings. The van der Waals surface area contributed by atoms with Gasteiger partial charge in [-0.3, -0.25) is 9.48 Å². The molecule has 2 aromatic heterocycles. The van der Waals surface area contributed by atoms with E-state index in [1.165, 1.54) is 18.4 Å². The Bertz CT molecular complexity index is 759. The molecule has 0 radical (unpaired) electrons. The zero-order chi connectivity index (χ0) is 16.1. The Morgan fingerprint density at radius 3 is 2.74 bits per heavy atom. The summed E-state index contributed by atoms with van der Waals surface area (Å²) in [4.78, 5) is 20.3. The minimum absolute atomic E-state index is 0.138. The number of nitrogens with zero attached hydrogens (tertiary/aromatic N) is 4. The van der Waals surface area contributed by atoms with Crippen LogP contribution in [0.2, 0.25) is 0 Å². The molecule has 1 aliphatic heterocycles. The average molecular weight is 330 g/mol. The van der Waals surface area contributed by atoms with Crippen LogP contribution in [0, 0.1) is 13.8 Å². The number of rotatable bonds is 3. The Balaban J connectivity index is 1.62. The standard InChI is InChI=1S/C17H22N4OS/c1-10-15(11(2)20(3)19-10)13-5-4-8-21(13)17(22)14-9-18-16(23-14)12-6-7-12/h9,12-13H,4-8H2,1-3H3/t13-/m0/s1. The highest BCUT2D eigenvalue weighted by atomic mass is 32.1. The molecule has 3 heterocycles. The molecule has 0 aromatic carbocycles. The van der Waals surface area contributed by atoms with Crippen molar-refractivity contribution >= 4 is 17.2 Å². The summed E-state index contributed by atoms with van der Waals surface area (Å²) in [5, 5.41) is 5.66. The second-order valence-corrected chi connectivity index (χ2v) is 7.76. The van der Waals surface area contributed by atoms with Gasteiger partial charge in [0.25, 0.3) is 5.91 Å². The van der Waals surface area contributed by atoms with E-state index in [2.05, 4.69) is 17.0 Å². The molecule has 2 fully saturated rings. The predicted octanol–water partition coefficient (Wildman–Crippen LogP) is 3.35. The first-order valence-corrected chi connectivity index (χ1v) is 9.14. The molecular weight excluding hydrogens is 308 g/mol. The number of amides is 1. The fraction of sp³-hybridized carbons (Fsp3) is 0.588. The van der Waals surface area contributed by atoms with Gasteiger partial charge >= 0.3 is 0 Å². The maximum absolute atomic E-state index is 13.0. The van der Waals surface area contributed by atoms with Crippen LogP contribution in [-0.4, -0.2) is 32.1 Å². The third-order valence-electron chi connectivity index (χ3n) is 5.07. The largest absolute Gasteiger partial charge is 0.331 e. The van der Waals surface area contributed by atoms with Gasteiger partial charge in [-0.15, -0.1) is 11.3 Å². The van der Waals surface area contributed by atoms with Gasteiger partial charge in [0.2, 0.25) is 0 Å². The highest BCUT2D eigenvalue weighted by Gasteiger charge is 2.35. The summed E-state index contributed by atoms with van der Waals surface area (Å²) >= 11 is 1.59. The van der Waals surface area contributed by atoms with Crippen molar-refractivity contribution in [2.75, 3.05) is 6.54 Å². The topological polar surface area (TPSA) is 51.0 Å². The van der Waals surface area contributed by atoms with Crippen LogP contribution >= 0.6 is 11.3 Å². The zero-order valence-corrected chi connectivity index (χ0v) is 14.7. The van der Waals surface area contributed by atoms with Gasteiger partial charge in [-0.2, -0.15) is 5.10 Å². The van der Waals surface area contributed by atoms with Crippen LogP contribution in [0.15, 0.2) is 6.20 Å². The van der Waals surface area contributed by atoms with E-state index in [0.29, 0.717) is 5.92 Å². The number of hydrogen-bond acceptors (Lipinski definition) is 4. The summed E-state index contributed by atoms with van der Waals surface area (Å²) in [5.74, 6) is 0.748. The van der Waals surface area contributed by atoms with Crippen LogP contribution in [-0.2, 0) is 7.05 Å². The van der Waals surface area contributed by atoms with Gasteiger partial charge in [0, 0.05) is 30.8 Å². The second kappa shape index (κ2) is 5.44. The summed E-state index contributed by atoms with van der Waals surface area (Å²) in [5.41, 5.74) is 3.43. The fourth-order valence-corrected chi connectivity index (χ4v) is 4.67. The van der Waals surface area contributed by atoms with Gasteiger partial charge in [0.1, 0.15) is 4.88 Å². The Morgan fingerprint density at radius 1 is 1.30 bits per heavy atom. The third kappa shape index (κ3) is 2.49. The highest BCUT2D eigenvalue weighted by molar-refractivity contribution is 7.13. The molecule has 0 N–H and O–H groups in total. The summed E-state index contributed by atoms with van der Waals surface area (Å²) < 4.78 is 1.92. The second-order valence-electron chi connectivity index (χ2n) is 6.70. The van der Waals surface area contributed by atoms with E-state index in [9.17, 15) is 4.79 Å². The van der Waals surface area contributed by atoms with E-state index < -0.39 is 0 Å². The molecule has 1 aliphatic carbocycles. The number of carbonyl (C=O) groups is 1. The number of likely N-dealkylation sites (tertiary alicyclic amines) is 1. The van der Waals surface area contributed by atoms with Gasteiger partial charge < -0.3 is 4.90 Å². The van der Waals surface area contributed by atoms with E-state index in [0.717, 1.165) is 40.7 Å². The van der Waals surface area contributed by atoms with Crippen molar-refractivity contribution in [1.82, 2.24) is 19.7 Å². The molecule has 5 nitrogen and oxygen atoms in total. The molecule has 2 aliphatic rings. The van der Waals surface area contributed by atoms with Crippen LogP contribution in [0.3, 0.4) is 0 Å². The van der Waals surface area contributed by atoms with Crippen LogP contribution < -0.4 is 0 Å². The Kier molecular flexibility index (Phi) is 3.52. The Labute approximate surface area is 140 Å². The van der Waals surface area contributed by atoms with Gasteiger partial charge in [-0.1, -0.05) is 0 Å². The van der Waals surface area contributed by atoms with Crippen molar-refractivity contribution in [2.45, 2.75) is 51.5 Å². The van der Waals surface area contributed by atoms with E-state index >= 15 is 0 Å². The van der Waals surface area contributed by atoms with Crippen molar-refractivity contribution in [3.63, 3.8) is 0 Å². The lowest BCUT2D eigenvalue weighted by molar-refractivity contribution is 0.0739. The first-order chi connectivity index (χ1) is 11.1. The predicted molar refractivity (Wildman–Crippen MR) is 89.8 cm³/mol. The quantitative estimate of drug-likeness (QED) is 0.867. The van der Waals surface area contributed by atoms with Crippen LogP contribution in [0.1, 0.15) is 69.3 Å². The monoisotopic (exact) mass is 330 g/mol. The van der Waals surface area contributed by atoms with Crippen LogP contribution in [0.5, 0.6) is 0 Å².